The van der Waals surface area contributed by atoms with Gasteiger partial charge in [-0.3, -0.25) is 0 Å². The molecule has 1 fully saturated rings. The molecule has 0 amide bonds. The Bertz CT molecular complexity index is 338. The molecule has 0 aliphatic carbocycles. The zero-order valence-corrected chi connectivity index (χ0v) is 10.3. The number of ether oxygens (including phenoxy) is 2. The standard InChI is InChI=1S/C13H20N2O2/c1-2-8-17-12-6-3-7-14-13(12)15-10-11-5-4-9-16-11/h3,6-7,11H,2,4-5,8-10H2,1H3,(H,14,15). The van der Waals surface area contributed by atoms with Crippen molar-refractivity contribution in [1.82, 2.24) is 4.98 Å². The van der Waals surface area contributed by atoms with E-state index >= 15 is 0 Å². The first kappa shape index (κ1) is 12.2. The average molecular weight is 236 g/mol. The van der Waals surface area contributed by atoms with Crippen molar-refractivity contribution in [2.75, 3.05) is 25.1 Å². The summed E-state index contributed by atoms with van der Waals surface area (Å²) < 4.78 is 11.2. The van der Waals surface area contributed by atoms with Gasteiger partial charge in [-0.25, -0.2) is 4.98 Å². The molecule has 1 aromatic heterocycles. The molecule has 0 saturated carbocycles. The molecule has 1 unspecified atom stereocenters. The number of anilines is 1. The Balaban J connectivity index is 1.89. The minimum absolute atomic E-state index is 0.316. The molecular weight excluding hydrogens is 216 g/mol. The van der Waals surface area contributed by atoms with Crippen molar-refractivity contribution in [2.45, 2.75) is 32.3 Å². The second-order valence-electron chi connectivity index (χ2n) is 4.21. The topological polar surface area (TPSA) is 43.4 Å². The van der Waals surface area contributed by atoms with Crippen molar-refractivity contribution in [3.63, 3.8) is 0 Å². The number of nitrogens with zero attached hydrogens (tertiary/aromatic N) is 1. The Morgan fingerprint density at radius 2 is 2.53 bits per heavy atom. The van der Waals surface area contributed by atoms with E-state index in [0.717, 1.165) is 50.6 Å². The SMILES string of the molecule is CCCOc1cccnc1NCC1CCCO1. The quantitative estimate of drug-likeness (QED) is 0.824. The molecule has 1 aliphatic heterocycles. The molecule has 2 heterocycles. The van der Waals surface area contributed by atoms with E-state index < -0.39 is 0 Å². The molecule has 1 aliphatic rings. The van der Waals surface area contributed by atoms with Crippen LogP contribution in [-0.4, -0.2) is 30.8 Å². The molecule has 0 radical (unpaired) electrons. The van der Waals surface area contributed by atoms with Gasteiger partial charge in [0.15, 0.2) is 11.6 Å². The van der Waals surface area contributed by atoms with E-state index in [-0.39, 0.29) is 0 Å². The van der Waals surface area contributed by atoms with E-state index in [1.807, 2.05) is 12.1 Å². The average Bonchev–Trinajstić information content (AvgIpc) is 2.88. The Morgan fingerprint density at radius 1 is 1.59 bits per heavy atom. The maximum Gasteiger partial charge on any atom is 0.168 e. The highest BCUT2D eigenvalue weighted by atomic mass is 16.5. The van der Waals surface area contributed by atoms with Crippen molar-refractivity contribution < 1.29 is 9.47 Å². The molecule has 1 atom stereocenters. The highest BCUT2D eigenvalue weighted by Gasteiger charge is 2.15. The first-order valence-electron chi connectivity index (χ1n) is 6.33. The van der Waals surface area contributed by atoms with Gasteiger partial charge < -0.3 is 14.8 Å². The number of hydrogen-bond donors (Lipinski definition) is 1. The van der Waals surface area contributed by atoms with Crippen LogP contribution >= 0.6 is 0 Å². The third-order valence-corrected chi connectivity index (χ3v) is 2.75. The smallest absolute Gasteiger partial charge is 0.168 e. The van der Waals surface area contributed by atoms with Gasteiger partial charge in [0.05, 0.1) is 12.7 Å². The van der Waals surface area contributed by atoms with Crippen LogP contribution in [0.5, 0.6) is 5.75 Å². The van der Waals surface area contributed by atoms with Gasteiger partial charge in [-0.1, -0.05) is 6.92 Å². The Morgan fingerprint density at radius 3 is 3.29 bits per heavy atom. The van der Waals surface area contributed by atoms with Gasteiger partial charge in [0.25, 0.3) is 0 Å². The third kappa shape index (κ3) is 3.60. The minimum Gasteiger partial charge on any atom is -0.490 e. The van der Waals surface area contributed by atoms with Gasteiger partial charge in [0.2, 0.25) is 0 Å². The van der Waals surface area contributed by atoms with Crippen LogP contribution < -0.4 is 10.1 Å². The van der Waals surface area contributed by atoms with Crippen LogP contribution in [0.15, 0.2) is 18.3 Å². The van der Waals surface area contributed by atoms with E-state index in [0.29, 0.717) is 6.10 Å². The largest absolute Gasteiger partial charge is 0.490 e. The van der Waals surface area contributed by atoms with E-state index in [9.17, 15) is 0 Å². The fourth-order valence-electron chi connectivity index (χ4n) is 1.87. The van der Waals surface area contributed by atoms with E-state index in [4.69, 9.17) is 9.47 Å². The molecule has 17 heavy (non-hydrogen) atoms. The molecular formula is C13H20N2O2. The molecule has 0 aromatic carbocycles. The van der Waals surface area contributed by atoms with E-state index in [1.165, 1.54) is 0 Å². The molecule has 1 aromatic rings. The number of hydrogen-bond acceptors (Lipinski definition) is 4. The van der Waals surface area contributed by atoms with Crippen molar-refractivity contribution in [3.05, 3.63) is 18.3 Å². The summed E-state index contributed by atoms with van der Waals surface area (Å²) in [5.41, 5.74) is 0. The molecule has 0 spiro atoms. The van der Waals surface area contributed by atoms with Crippen LogP contribution in [0.25, 0.3) is 0 Å². The zero-order valence-electron chi connectivity index (χ0n) is 10.3. The normalized spacial score (nSPS) is 19.2. The molecule has 0 bridgehead atoms. The molecule has 4 heteroatoms. The summed E-state index contributed by atoms with van der Waals surface area (Å²) in [6.07, 6.45) is 5.38. The Kier molecular flexibility index (Phi) is 4.62. The summed E-state index contributed by atoms with van der Waals surface area (Å²) in [4.78, 5) is 4.30. The first-order valence-corrected chi connectivity index (χ1v) is 6.33. The fourth-order valence-corrected chi connectivity index (χ4v) is 1.87. The highest BCUT2D eigenvalue weighted by molar-refractivity contribution is 5.49. The number of rotatable bonds is 6. The second-order valence-corrected chi connectivity index (χ2v) is 4.21. The third-order valence-electron chi connectivity index (χ3n) is 2.75. The lowest BCUT2D eigenvalue weighted by atomic mass is 10.2. The molecule has 1 saturated heterocycles. The highest BCUT2D eigenvalue weighted by Crippen LogP contribution is 2.22. The van der Waals surface area contributed by atoms with Crippen LogP contribution in [-0.2, 0) is 4.74 Å². The molecule has 1 N–H and O–H groups in total. The van der Waals surface area contributed by atoms with Crippen LogP contribution in [0.1, 0.15) is 26.2 Å². The Labute approximate surface area is 102 Å². The number of nitrogens with one attached hydrogen (secondary N) is 1. The predicted octanol–water partition coefficient (Wildman–Crippen LogP) is 2.46. The Hall–Kier alpha value is -1.29. The van der Waals surface area contributed by atoms with Crippen LogP contribution in [0, 0.1) is 0 Å². The summed E-state index contributed by atoms with van der Waals surface area (Å²) in [7, 11) is 0. The summed E-state index contributed by atoms with van der Waals surface area (Å²) in [5.74, 6) is 1.64. The summed E-state index contributed by atoms with van der Waals surface area (Å²) in [5, 5.41) is 3.30. The van der Waals surface area contributed by atoms with Crippen LogP contribution in [0.3, 0.4) is 0 Å². The summed E-state index contributed by atoms with van der Waals surface area (Å²) >= 11 is 0. The van der Waals surface area contributed by atoms with Crippen molar-refractivity contribution in [3.8, 4) is 5.75 Å². The van der Waals surface area contributed by atoms with Gasteiger partial charge in [0, 0.05) is 19.3 Å². The predicted molar refractivity (Wildman–Crippen MR) is 67.5 cm³/mol. The minimum atomic E-state index is 0.316. The summed E-state index contributed by atoms with van der Waals surface area (Å²) in [6, 6.07) is 3.84. The van der Waals surface area contributed by atoms with Crippen molar-refractivity contribution in [2.24, 2.45) is 0 Å². The lowest BCUT2D eigenvalue weighted by Gasteiger charge is -2.14. The monoisotopic (exact) mass is 236 g/mol. The van der Waals surface area contributed by atoms with Gasteiger partial charge in [-0.05, 0) is 31.4 Å². The maximum absolute atomic E-state index is 5.64. The molecule has 94 valence electrons. The lowest BCUT2D eigenvalue weighted by Crippen LogP contribution is -2.19. The van der Waals surface area contributed by atoms with Gasteiger partial charge >= 0.3 is 0 Å². The van der Waals surface area contributed by atoms with E-state index in [2.05, 4.69) is 17.2 Å². The van der Waals surface area contributed by atoms with Crippen molar-refractivity contribution >= 4 is 5.82 Å². The zero-order chi connectivity index (χ0) is 11.9. The number of pyridine rings is 1. The molecule has 2 rings (SSSR count). The van der Waals surface area contributed by atoms with Crippen molar-refractivity contribution in [1.29, 1.82) is 0 Å². The van der Waals surface area contributed by atoms with E-state index in [1.54, 1.807) is 6.20 Å². The number of aromatic nitrogens is 1. The fraction of sp³-hybridized carbons (Fsp3) is 0.615. The van der Waals surface area contributed by atoms with Gasteiger partial charge in [-0.2, -0.15) is 0 Å². The maximum atomic E-state index is 5.64. The van der Waals surface area contributed by atoms with Crippen LogP contribution in [0.4, 0.5) is 5.82 Å². The van der Waals surface area contributed by atoms with Crippen LogP contribution in [0.2, 0.25) is 0 Å². The first-order chi connectivity index (χ1) is 8.40. The summed E-state index contributed by atoms with van der Waals surface area (Å²) in [6.45, 7) is 4.50. The van der Waals surface area contributed by atoms with Gasteiger partial charge in [0.1, 0.15) is 0 Å². The lowest BCUT2D eigenvalue weighted by molar-refractivity contribution is 0.120. The van der Waals surface area contributed by atoms with Gasteiger partial charge in [-0.15, -0.1) is 0 Å². The molecule has 4 nitrogen and oxygen atoms in total. The second kappa shape index (κ2) is 6.45.